The molecule has 0 aromatic heterocycles. The fourth-order valence-corrected chi connectivity index (χ4v) is 2.05. The summed E-state index contributed by atoms with van der Waals surface area (Å²) in [5, 5.41) is 0. The smallest absolute Gasteiger partial charge is 0.139 e. The Labute approximate surface area is 92.4 Å². The number of halogens is 1. The zero-order valence-electron chi connectivity index (χ0n) is 8.06. The molecule has 1 aromatic carbocycles. The van der Waals surface area contributed by atoms with E-state index < -0.39 is 0 Å². The van der Waals surface area contributed by atoms with E-state index in [9.17, 15) is 0 Å². The first-order chi connectivity index (χ1) is 6.24. The first kappa shape index (κ1) is 10.6. The van der Waals surface area contributed by atoms with Crippen LogP contribution >= 0.6 is 22.6 Å². The van der Waals surface area contributed by atoms with E-state index in [2.05, 4.69) is 29.5 Å². The van der Waals surface area contributed by atoms with Gasteiger partial charge in [0.05, 0.1) is 17.8 Å². The molecule has 0 radical (unpaired) electrons. The molecule has 0 bridgehead atoms. The molecule has 0 fully saturated rings. The van der Waals surface area contributed by atoms with Gasteiger partial charge >= 0.3 is 0 Å². The predicted octanol–water partition coefficient (Wildman–Crippen LogP) is 2.87. The van der Waals surface area contributed by atoms with Crippen molar-refractivity contribution in [3.63, 3.8) is 0 Å². The third-order valence-electron chi connectivity index (χ3n) is 1.95. The Bertz CT molecular complexity index is 297. The fraction of sp³-hybridized carbons (Fsp3) is 0.400. The lowest BCUT2D eigenvalue weighted by atomic mass is 10.1. The summed E-state index contributed by atoms with van der Waals surface area (Å²) in [6.45, 7) is 2.09. The molecule has 0 spiro atoms. The van der Waals surface area contributed by atoms with Crippen LogP contribution in [-0.2, 0) is 6.42 Å². The number of hydrogen-bond acceptors (Lipinski definition) is 2. The van der Waals surface area contributed by atoms with Gasteiger partial charge in [0.1, 0.15) is 11.5 Å². The Balaban J connectivity index is 3.27. The summed E-state index contributed by atoms with van der Waals surface area (Å²) in [6, 6.07) is 3.97. The van der Waals surface area contributed by atoms with Crippen molar-refractivity contribution in [3.8, 4) is 11.5 Å². The molecule has 1 aromatic rings. The summed E-state index contributed by atoms with van der Waals surface area (Å²) in [5.74, 6) is 1.84. The van der Waals surface area contributed by atoms with Crippen LogP contribution in [0, 0.1) is 3.57 Å². The Kier molecular flexibility index (Phi) is 3.84. The quantitative estimate of drug-likeness (QED) is 0.798. The molecule has 0 atom stereocenters. The van der Waals surface area contributed by atoms with Crippen LogP contribution in [0.15, 0.2) is 12.1 Å². The van der Waals surface area contributed by atoms with Crippen LogP contribution < -0.4 is 9.47 Å². The minimum atomic E-state index is 0.903. The van der Waals surface area contributed by atoms with Gasteiger partial charge in [-0.1, -0.05) is 6.92 Å². The molecule has 0 aliphatic rings. The first-order valence-electron chi connectivity index (χ1n) is 4.14. The molecule has 1 rings (SSSR count). The van der Waals surface area contributed by atoms with Crippen molar-refractivity contribution in [2.75, 3.05) is 14.2 Å². The van der Waals surface area contributed by atoms with Gasteiger partial charge in [0.15, 0.2) is 0 Å². The molecule has 0 aliphatic heterocycles. The molecule has 13 heavy (non-hydrogen) atoms. The van der Waals surface area contributed by atoms with E-state index in [0.29, 0.717) is 0 Å². The van der Waals surface area contributed by atoms with Gasteiger partial charge in [0.25, 0.3) is 0 Å². The Morgan fingerprint density at radius 1 is 1.23 bits per heavy atom. The normalized spacial score (nSPS) is 9.85. The van der Waals surface area contributed by atoms with Crippen LogP contribution in [0.2, 0.25) is 0 Å². The van der Waals surface area contributed by atoms with E-state index in [1.54, 1.807) is 14.2 Å². The van der Waals surface area contributed by atoms with E-state index in [0.717, 1.165) is 27.1 Å². The average Bonchev–Trinajstić information content (AvgIpc) is 2.17. The van der Waals surface area contributed by atoms with Crippen LogP contribution in [0.1, 0.15) is 12.5 Å². The summed E-state index contributed by atoms with van der Waals surface area (Å²) in [6.07, 6.45) is 0.920. The van der Waals surface area contributed by atoms with E-state index in [4.69, 9.17) is 9.47 Å². The van der Waals surface area contributed by atoms with Crippen molar-refractivity contribution in [3.05, 3.63) is 21.3 Å². The minimum absolute atomic E-state index is 0.903. The zero-order valence-corrected chi connectivity index (χ0v) is 10.2. The van der Waals surface area contributed by atoms with Gasteiger partial charge in [0, 0.05) is 5.56 Å². The van der Waals surface area contributed by atoms with E-state index in [1.165, 1.54) is 0 Å². The lowest BCUT2D eigenvalue weighted by Gasteiger charge is -2.12. The number of ether oxygens (including phenoxy) is 2. The second kappa shape index (κ2) is 4.69. The number of benzene rings is 1. The molecule has 0 saturated heterocycles. The van der Waals surface area contributed by atoms with E-state index in [1.807, 2.05) is 12.1 Å². The van der Waals surface area contributed by atoms with Crippen molar-refractivity contribution < 1.29 is 9.47 Å². The zero-order chi connectivity index (χ0) is 9.84. The third kappa shape index (κ3) is 2.07. The van der Waals surface area contributed by atoms with Gasteiger partial charge in [-0.05, 0) is 41.1 Å². The molecule has 72 valence electrons. The second-order valence-electron chi connectivity index (χ2n) is 2.62. The molecule has 0 amide bonds. The Morgan fingerprint density at radius 3 is 2.38 bits per heavy atom. The lowest BCUT2D eigenvalue weighted by molar-refractivity contribution is 0.384. The van der Waals surface area contributed by atoms with Gasteiger partial charge in [-0.15, -0.1) is 0 Å². The minimum Gasteiger partial charge on any atom is -0.496 e. The number of rotatable bonds is 3. The maximum absolute atomic E-state index is 5.32. The third-order valence-corrected chi connectivity index (χ3v) is 2.80. The summed E-state index contributed by atoms with van der Waals surface area (Å²) in [4.78, 5) is 0. The molecule has 0 saturated carbocycles. The molecule has 0 unspecified atom stereocenters. The summed E-state index contributed by atoms with van der Waals surface area (Å²) < 4.78 is 11.7. The highest BCUT2D eigenvalue weighted by molar-refractivity contribution is 14.1. The standard InChI is InChI=1S/C10H13IO2/c1-4-7-9(12-2)6-5-8(11)10(7)13-3/h5-6H,4H2,1-3H3. The second-order valence-corrected chi connectivity index (χ2v) is 3.78. The van der Waals surface area contributed by atoms with Gasteiger partial charge in [-0.25, -0.2) is 0 Å². The summed E-state index contributed by atoms with van der Waals surface area (Å²) in [7, 11) is 3.37. The maximum Gasteiger partial charge on any atom is 0.139 e. The predicted molar refractivity (Wildman–Crippen MR) is 61.6 cm³/mol. The first-order valence-corrected chi connectivity index (χ1v) is 5.21. The van der Waals surface area contributed by atoms with Crippen molar-refractivity contribution in [1.29, 1.82) is 0 Å². The topological polar surface area (TPSA) is 18.5 Å². The Morgan fingerprint density at radius 2 is 1.92 bits per heavy atom. The fourth-order valence-electron chi connectivity index (χ4n) is 1.33. The molecule has 0 heterocycles. The number of methoxy groups -OCH3 is 2. The Hall–Kier alpha value is -0.450. The molecular weight excluding hydrogens is 279 g/mol. The highest BCUT2D eigenvalue weighted by atomic mass is 127. The van der Waals surface area contributed by atoms with Crippen LogP contribution in [0.5, 0.6) is 11.5 Å². The highest BCUT2D eigenvalue weighted by Crippen LogP contribution is 2.33. The molecule has 0 N–H and O–H groups in total. The highest BCUT2D eigenvalue weighted by Gasteiger charge is 2.10. The van der Waals surface area contributed by atoms with Crippen LogP contribution in [0.4, 0.5) is 0 Å². The van der Waals surface area contributed by atoms with Crippen LogP contribution in [0.25, 0.3) is 0 Å². The molecule has 2 nitrogen and oxygen atoms in total. The van der Waals surface area contributed by atoms with Crippen molar-refractivity contribution in [2.24, 2.45) is 0 Å². The SMILES string of the molecule is CCc1c(OC)ccc(I)c1OC. The maximum atomic E-state index is 5.32. The van der Waals surface area contributed by atoms with Gasteiger partial charge in [-0.3, -0.25) is 0 Å². The lowest BCUT2D eigenvalue weighted by Crippen LogP contribution is -1.97. The number of hydrogen-bond donors (Lipinski definition) is 0. The molecular formula is C10H13IO2. The van der Waals surface area contributed by atoms with Crippen LogP contribution in [0.3, 0.4) is 0 Å². The summed E-state index contributed by atoms with van der Waals surface area (Å²) in [5.41, 5.74) is 1.14. The molecule has 3 heteroatoms. The van der Waals surface area contributed by atoms with Crippen LogP contribution in [-0.4, -0.2) is 14.2 Å². The van der Waals surface area contributed by atoms with E-state index >= 15 is 0 Å². The molecule has 0 aliphatic carbocycles. The van der Waals surface area contributed by atoms with Crippen molar-refractivity contribution in [2.45, 2.75) is 13.3 Å². The van der Waals surface area contributed by atoms with Crippen molar-refractivity contribution in [1.82, 2.24) is 0 Å². The van der Waals surface area contributed by atoms with Gasteiger partial charge in [-0.2, -0.15) is 0 Å². The van der Waals surface area contributed by atoms with Gasteiger partial charge < -0.3 is 9.47 Å². The van der Waals surface area contributed by atoms with E-state index in [-0.39, 0.29) is 0 Å². The largest absolute Gasteiger partial charge is 0.496 e. The monoisotopic (exact) mass is 292 g/mol. The average molecular weight is 292 g/mol. The van der Waals surface area contributed by atoms with Crippen molar-refractivity contribution >= 4 is 22.6 Å². The summed E-state index contributed by atoms with van der Waals surface area (Å²) >= 11 is 2.26. The van der Waals surface area contributed by atoms with Gasteiger partial charge in [0.2, 0.25) is 0 Å².